The van der Waals surface area contributed by atoms with Gasteiger partial charge in [0.15, 0.2) is 6.10 Å². The fourth-order valence-corrected chi connectivity index (χ4v) is 1.73. The van der Waals surface area contributed by atoms with E-state index in [2.05, 4.69) is 13.8 Å². The molecule has 0 aromatic heterocycles. The average molecular weight is 200 g/mol. The molecule has 1 heterocycles. The van der Waals surface area contributed by atoms with Crippen LogP contribution >= 0.6 is 0 Å². The molecule has 2 unspecified atom stereocenters. The Kier molecular flexibility index (Phi) is 3.22. The SMILES string of the molecule is COC1C(C(C)C)=COC1C(C)(C)O. The Bertz CT molecular complexity index is 225. The van der Waals surface area contributed by atoms with Crippen molar-refractivity contribution in [2.24, 2.45) is 5.92 Å². The number of ether oxygens (including phenoxy) is 2. The number of hydrogen-bond acceptors (Lipinski definition) is 3. The van der Waals surface area contributed by atoms with Crippen molar-refractivity contribution in [1.29, 1.82) is 0 Å². The van der Waals surface area contributed by atoms with E-state index in [4.69, 9.17) is 9.47 Å². The van der Waals surface area contributed by atoms with E-state index < -0.39 is 5.60 Å². The first-order valence-corrected chi connectivity index (χ1v) is 4.98. The third kappa shape index (κ3) is 2.10. The topological polar surface area (TPSA) is 38.7 Å². The van der Waals surface area contributed by atoms with Gasteiger partial charge in [-0.3, -0.25) is 0 Å². The van der Waals surface area contributed by atoms with Crippen molar-refractivity contribution in [3.05, 3.63) is 11.8 Å². The summed E-state index contributed by atoms with van der Waals surface area (Å²) in [4.78, 5) is 0. The Hall–Kier alpha value is -0.540. The molecule has 1 aliphatic rings. The molecule has 0 aromatic carbocycles. The van der Waals surface area contributed by atoms with Crippen molar-refractivity contribution < 1.29 is 14.6 Å². The first kappa shape index (κ1) is 11.5. The molecule has 0 radical (unpaired) electrons. The lowest BCUT2D eigenvalue weighted by Gasteiger charge is -2.30. The Morgan fingerprint density at radius 3 is 2.43 bits per heavy atom. The van der Waals surface area contributed by atoms with Gasteiger partial charge in [-0.25, -0.2) is 0 Å². The molecule has 0 spiro atoms. The third-order valence-corrected chi connectivity index (χ3v) is 2.57. The highest BCUT2D eigenvalue weighted by Gasteiger charge is 2.42. The van der Waals surface area contributed by atoms with Crippen LogP contribution in [-0.2, 0) is 9.47 Å². The second-order valence-corrected chi connectivity index (χ2v) is 4.64. The van der Waals surface area contributed by atoms with Crippen LogP contribution in [0.3, 0.4) is 0 Å². The molecule has 0 saturated carbocycles. The Morgan fingerprint density at radius 2 is 2.07 bits per heavy atom. The van der Waals surface area contributed by atoms with Gasteiger partial charge in [-0.15, -0.1) is 0 Å². The summed E-state index contributed by atoms with van der Waals surface area (Å²) in [5, 5.41) is 9.88. The van der Waals surface area contributed by atoms with Crippen LogP contribution in [0.2, 0.25) is 0 Å². The van der Waals surface area contributed by atoms with Gasteiger partial charge >= 0.3 is 0 Å². The predicted molar refractivity (Wildman–Crippen MR) is 54.9 cm³/mol. The number of hydrogen-bond donors (Lipinski definition) is 1. The van der Waals surface area contributed by atoms with E-state index in [9.17, 15) is 5.11 Å². The van der Waals surface area contributed by atoms with E-state index in [-0.39, 0.29) is 12.2 Å². The van der Waals surface area contributed by atoms with Gasteiger partial charge in [0.2, 0.25) is 0 Å². The van der Waals surface area contributed by atoms with Crippen LogP contribution in [0, 0.1) is 5.92 Å². The minimum absolute atomic E-state index is 0.130. The molecule has 0 aliphatic carbocycles. The normalized spacial score (nSPS) is 27.8. The van der Waals surface area contributed by atoms with Crippen molar-refractivity contribution in [2.45, 2.75) is 45.5 Å². The van der Waals surface area contributed by atoms with E-state index >= 15 is 0 Å². The maximum Gasteiger partial charge on any atom is 0.156 e. The summed E-state index contributed by atoms with van der Waals surface area (Å²) in [6.07, 6.45) is 1.29. The molecule has 3 nitrogen and oxygen atoms in total. The van der Waals surface area contributed by atoms with E-state index in [1.54, 1.807) is 27.2 Å². The zero-order valence-electron chi connectivity index (χ0n) is 9.57. The largest absolute Gasteiger partial charge is 0.492 e. The van der Waals surface area contributed by atoms with E-state index in [1.807, 2.05) is 0 Å². The summed E-state index contributed by atoms with van der Waals surface area (Å²) in [6, 6.07) is 0. The lowest BCUT2D eigenvalue weighted by molar-refractivity contribution is -0.0945. The molecular formula is C11H20O3. The van der Waals surface area contributed by atoms with E-state index in [0.717, 1.165) is 5.57 Å². The first-order chi connectivity index (χ1) is 6.38. The number of rotatable bonds is 3. The van der Waals surface area contributed by atoms with Gasteiger partial charge in [0.1, 0.15) is 6.10 Å². The Balaban J connectivity index is 2.80. The van der Waals surface area contributed by atoms with Crippen LogP contribution in [0.25, 0.3) is 0 Å². The highest BCUT2D eigenvalue weighted by Crippen LogP contribution is 2.32. The van der Waals surface area contributed by atoms with Gasteiger partial charge in [-0.05, 0) is 25.3 Å². The predicted octanol–water partition coefficient (Wildman–Crippen LogP) is 1.71. The maximum absolute atomic E-state index is 9.88. The van der Waals surface area contributed by atoms with Crippen LogP contribution in [0.1, 0.15) is 27.7 Å². The van der Waals surface area contributed by atoms with Gasteiger partial charge in [-0.2, -0.15) is 0 Å². The van der Waals surface area contributed by atoms with E-state index in [0.29, 0.717) is 5.92 Å². The molecule has 14 heavy (non-hydrogen) atoms. The van der Waals surface area contributed by atoms with Crippen molar-refractivity contribution in [3.8, 4) is 0 Å². The average Bonchev–Trinajstić information content (AvgIpc) is 2.45. The van der Waals surface area contributed by atoms with Gasteiger partial charge in [0.05, 0.1) is 11.9 Å². The molecule has 0 aromatic rings. The monoisotopic (exact) mass is 200 g/mol. The molecule has 0 bridgehead atoms. The highest BCUT2D eigenvalue weighted by atomic mass is 16.6. The van der Waals surface area contributed by atoms with Crippen molar-refractivity contribution in [2.75, 3.05) is 7.11 Å². The number of methoxy groups -OCH3 is 1. The molecule has 0 amide bonds. The second-order valence-electron chi connectivity index (χ2n) is 4.64. The highest BCUT2D eigenvalue weighted by molar-refractivity contribution is 5.18. The molecular weight excluding hydrogens is 180 g/mol. The quantitative estimate of drug-likeness (QED) is 0.753. The van der Waals surface area contributed by atoms with Crippen LogP contribution in [0.5, 0.6) is 0 Å². The second kappa shape index (κ2) is 3.91. The summed E-state index contributed by atoms with van der Waals surface area (Å²) in [5.74, 6) is 0.382. The third-order valence-electron chi connectivity index (χ3n) is 2.57. The summed E-state index contributed by atoms with van der Waals surface area (Å²) in [5.41, 5.74) is 0.230. The lowest BCUT2D eigenvalue weighted by atomic mass is 9.90. The molecule has 3 heteroatoms. The molecule has 82 valence electrons. The lowest BCUT2D eigenvalue weighted by Crippen LogP contribution is -2.44. The summed E-state index contributed by atoms with van der Waals surface area (Å²) < 4.78 is 10.8. The van der Waals surface area contributed by atoms with Gasteiger partial charge < -0.3 is 14.6 Å². The maximum atomic E-state index is 9.88. The van der Waals surface area contributed by atoms with E-state index in [1.165, 1.54) is 0 Å². The standard InChI is InChI=1S/C11H20O3/c1-7(2)8-6-14-10(9(8)13-5)11(3,4)12/h6-7,9-10,12H,1-5H3. The Morgan fingerprint density at radius 1 is 1.50 bits per heavy atom. The van der Waals surface area contributed by atoms with Crippen LogP contribution < -0.4 is 0 Å². The molecule has 0 saturated heterocycles. The van der Waals surface area contributed by atoms with Gasteiger partial charge in [-0.1, -0.05) is 13.8 Å². The molecule has 2 atom stereocenters. The summed E-state index contributed by atoms with van der Waals surface area (Å²) in [6.45, 7) is 7.66. The zero-order chi connectivity index (χ0) is 10.9. The van der Waals surface area contributed by atoms with Crippen LogP contribution in [0.4, 0.5) is 0 Å². The molecule has 1 rings (SSSR count). The van der Waals surface area contributed by atoms with Crippen LogP contribution in [0.15, 0.2) is 11.8 Å². The summed E-state index contributed by atoms with van der Waals surface area (Å²) >= 11 is 0. The van der Waals surface area contributed by atoms with Crippen LogP contribution in [-0.4, -0.2) is 30.0 Å². The first-order valence-electron chi connectivity index (χ1n) is 4.98. The van der Waals surface area contributed by atoms with Crippen molar-refractivity contribution in [3.63, 3.8) is 0 Å². The molecule has 1 N–H and O–H groups in total. The zero-order valence-corrected chi connectivity index (χ0v) is 9.57. The fourth-order valence-electron chi connectivity index (χ4n) is 1.73. The molecule has 1 aliphatic heterocycles. The van der Waals surface area contributed by atoms with Gasteiger partial charge in [0, 0.05) is 7.11 Å². The summed E-state index contributed by atoms with van der Waals surface area (Å²) in [7, 11) is 1.65. The van der Waals surface area contributed by atoms with Crippen molar-refractivity contribution in [1.82, 2.24) is 0 Å². The minimum atomic E-state index is -0.881. The molecule has 0 fully saturated rings. The minimum Gasteiger partial charge on any atom is -0.492 e. The van der Waals surface area contributed by atoms with Gasteiger partial charge in [0.25, 0.3) is 0 Å². The fraction of sp³-hybridized carbons (Fsp3) is 0.818. The van der Waals surface area contributed by atoms with Crippen molar-refractivity contribution >= 4 is 0 Å². The number of aliphatic hydroxyl groups is 1. The Labute approximate surface area is 85.7 Å². The smallest absolute Gasteiger partial charge is 0.156 e.